The Balaban J connectivity index is 2.10. The van der Waals surface area contributed by atoms with Gasteiger partial charge in [0, 0.05) is 14.7 Å². The largest absolute Gasteiger partial charge is 0.389 e. The highest BCUT2D eigenvalue weighted by molar-refractivity contribution is 6.76. The van der Waals surface area contributed by atoms with Gasteiger partial charge in [0.1, 0.15) is 6.79 Å². The fourth-order valence-electron chi connectivity index (χ4n) is 2.19. The first-order chi connectivity index (χ1) is 12.9. The molecule has 0 saturated heterocycles. The third kappa shape index (κ3) is 14.3. The van der Waals surface area contributed by atoms with Crippen molar-refractivity contribution in [2.24, 2.45) is 0 Å². The molecule has 1 aromatic carbocycles. The zero-order chi connectivity index (χ0) is 20.0. The third-order valence-electron chi connectivity index (χ3n) is 3.94. The topological polar surface area (TPSA) is 38.7 Å². The number of aliphatic hydroxyl groups excluding tert-OH is 1. The summed E-state index contributed by atoms with van der Waals surface area (Å²) in [4.78, 5) is 0. The number of ether oxygens (including phenoxy) is 2. The summed E-state index contributed by atoms with van der Waals surface area (Å²) in [5, 5.41) is 9.96. The highest BCUT2D eigenvalue weighted by Crippen LogP contribution is 2.08. The van der Waals surface area contributed by atoms with Crippen LogP contribution in [0, 0.1) is 0 Å². The molecule has 3 nitrogen and oxygen atoms in total. The number of benzene rings is 1. The van der Waals surface area contributed by atoms with Crippen molar-refractivity contribution >= 4 is 14.1 Å². The molecule has 2 atom stereocenters. The maximum absolute atomic E-state index is 9.96. The molecule has 0 saturated carbocycles. The summed E-state index contributed by atoms with van der Waals surface area (Å²) in [5.74, 6) is 0. The molecule has 0 aliphatic carbocycles. The van der Waals surface area contributed by atoms with Crippen molar-refractivity contribution in [2.45, 2.75) is 57.7 Å². The van der Waals surface area contributed by atoms with Crippen LogP contribution >= 0.6 is 0 Å². The average molecular weight is 389 g/mol. The van der Waals surface area contributed by atoms with E-state index in [0.717, 1.165) is 24.6 Å². The van der Waals surface area contributed by atoms with Crippen LogP contribution < -0.4 is 0 Å². The zero-order valence-electron chi connectivity index (χ0n) is 17.3. The van der Waals surface area contributed by atoms with E-state index in [9.17, 15) is 5.11 Å². The minimum absolute atomic E-state index is 0.0460. The summed E-state index contributed by atoms with van der Waals surface area (Å²) in [6, 6.07) is 11.2. The van der Waals surface area contributed by atoms with Crippen molar-refractivity contribution < 1.29 is 14.6 Å². The molecule has 0 fully saturated rings. The third-order valence-corrected chi connectivity index (χ3v) is 5.65. The molecular formula is C23H36O3Si. The highest BCUT2D eigenvalue weighted by Gasteiger charge is 2.11. The SMILES string of the molecule is CC(/C=C\C/C=C/CC(O)/C=C/c1ccccc1)OCOCC[Si](C)(C)C. The van der Waals surface area contributed by atoms with Gasteiger partial charge in [-0.3, -0.25) is 0 Å². The molecule has 1 rings (SSSR count). The summed E-state index contributed by atoms with van der Waals surface area (Å²) >= 11 is 0. The minimum atomic E-state index is -1.02. The van der Waals surface area contributed by atoms with E-state index in [1.54, 1.807) is 0 Å². The number of hydrogen-bond acceptors (Lipinski definition) is 3. The van der Waals surface area contributed by atoms with Crippen LogP contribution in [0.25, 0.3) is 6.08 Å². The summed E-state index contributed by atoms with van der Waals surface area (Å²) < 4.78 is 11.1. The van der Waals surface area contributed by atoms with E-state index in [4.69, 9.17) is 9.47 Å². The van der Waals surface area contributed by atoms with Gasteiger partial charge >= 0.3 is 0 Å². The highest BCUT2D eigenvalue weighted by atomic mass is 28.3. The van der Waals surface area contributed by atoms with E-state index in [1.165, 1.54) is 0 Å². The standard InChI is InChI=1S/C23H36O3Si/c1-21(26-20-25-18-19-27(2,3)4)12-8-5-6-11-15-23(24)17-16-22-13-9-7-10-14-22/h6-14,16-17,21,23-24H,5,15,18-20H2,1-4H3/b11-6+,12-8-,17-16+. The molecule has 0 spiro atoms. The van der Waals surface area contributed by atoms with Gasteiger partial charge < -0.3 is 14.6 Å². The van der Waals surface area contributed by atoms with Gasteiger partial charge in [-0.1, -0.05) is 86.4 Å². The molecule has 2 unspecified atom stereocenters. The van der Waals surface area contributed by atoms with Crippen LogP contribution in [0.4, 0.5) is 0 Å². The molecule has 0 bridgehead atoms. The molecule has 4 heteroatoms. The normalized spacial score (nSPS) is 15.1. The van der Waals surface area contributed by atoms with Crippen LogP contribution in [0.15, 0.2) is 60.7 Å². The lowest BCUT2D eigenvalue weighted by molar-refractivity contribution is -0.0665. The Morgan fingerprint density at radius 1 is 1.04 bits per heavy atom. The Hall–Kier alpha value is -1.46. The quantitative estimate of drug-likeness (QED) is 0.205. The molecule has 0 aromatic heterocycles. The fourth-order valence-corrected chi connectivity index (χ4v) is 2.95. The Morgan fingerprint density at radius 3 is 2.48 bits per heavy atom. The molecule has 0 aliphatic heterocycles. The Bertz CT molecular complexity index is 573. The van der Waals surface area contributed by atoms with Crippen LogP contribution in [-0.4, -0.2) is 38.8 Å². The number of hydrogen-bond donors (Lipinski definition) is 1. The molecular weight excluding hydrogens is 352 g/mol. The van der Waals surface area contributed by atoms with Crippen LogP contribution in [0.1, 0.15) is 25.3 Å². The van der Waals surface area contributed by atoms with Crippen molar-refractivity contribution in [3.05, 3.63) is 66.3 Å². The van der Waals surface area contributed by atoms with Crippen LogP contribution in [0.2, 0.25) is 25.7 Å². The second kappa shape index (κ2) is 13.7. The zero-order valence-corrected chi connectivity index (χ0v) is 18.3. The summed E-state index contributed by atoms with van der Waals surface area (Å²) in [7, 11) is -1.02. The van der Waals surface area contributed by atoms with E-state index < -0.39 is 14.2 Å². The van der Waals surface area contributed by atoms with Gasteiger partial charge in [0.15, 0.2) is 0 Å². The monoisotopic (exact) mass is 388 g/mol. The van der Waals surface area contributed by atoms with Crippen molar-refractivity contribution in [3.63, 3.8) is 0 Å². The smallest absolute Gasteiger partial charge is 0.147 e. The van der Waals surface area contributed by atoms with Crippen molar-refractivity contribution in [1.29, 1.82) is 0 Å². The lowest BCUT2D eigenvalue weighted by Crippen LogP contribution is -2.22. The summed E-state index contributed by atoms with van der Waals surface area (Å²) in [6.07, 6.45) is 13.0. The van der Waals surface area contributed by atoms with Crippen LogP contribution in [0.5, 0.6) is 0 Å². The number of rotatable bonds is 13. The van der Waals surface area contributed by atoms with Gasteiger partial charge in [0.05, 0.1) is 12.2 Å². The second-order valence-electron chi connectivity index (χ2n) is 7.92. The average Bonchev–Trinajstić information content (AvgIpc) is 2.62. The Labute approximate surface area is 166 Å². The molecule has 150 valence electrons. The van der Waals surface area contributed by atoms with Gasteiger partial charge in [0.2, 0.25) is 0 Å². The lowest BCUT2D eigenvalue weighted by Gasteiger charge is -2.16. The summed E-state index contributed by atoms with van der Waals surface area (Å²) in [5.41, 5.74) is 1.10. The molecule has 0 heterocycles. The predicted octanol–water partition coefficient (Wildman–Crippen LogP) is 5.67. The fraction of sp³-hybridized carbons (Fsp3) is 0.478. The van der Waals surface area contributed by atoms with Crippen LogP contribution in [-0.2, 0) is 9.47 Å². The maximum atomic E-state index is 9.96. The van der Waals surface area contributed by atoms with Gasteiger partial charge in [-0.25, -0.2) is 0 Å². The second-order valence-corrected chi connectivity index (χ2v) is 13.5. The van der Waals surface area contributed by atoms with Crippen molar-refractivity contribution in [1.82, 2.24) is 0 Å². The first-order valence-corrected chi connectivity index (χ1v) is 13.5. The molecule has 1 aromatic rings. The molecule has 1 N–H and O–H groups in total. The van der Waals surface area contributed by atoms with Crippen molar-refractivity contribution in [3.8, 4) is 0 Å². The molecule has 0 amide bonds. The number of allylic oxidation sites excluding steroid dienone is 2. The van der Waals surface area contributed by atoms with Crippen LogP contribution in [0.3, 0.4) is 0 Å². The van der Waals surface area contributed by atoms with Gasteiger partial charge in [0.25, 0.3) is 0 Å². The van der Waals surface area contributed by atoms with E-state index >= 15 is 0 Å². The molecule has 0 aliphatic rings. The first-order valence-electron chi connectivity index (χ1n) is 9.79. The molecule has 0 radical (unpaired) electrons. The van der Waals surface area contributed by atoms with Gasteiger partial charge in [-0.15, -0.1) is 0 Å². The summed E-state index contributed by atoms with van der Waals surface area (Å²) in [6.45, 7) is 10.2. The van der Waals surface area contributed by atoms with Gasteiger partial charge in [-0.2, -0.15) is 0 Å². The predicted molar refractivity (Wildman–Crippen MR) is 119 cm³/mol. The minimum Gasteiger partial charge on any atom is -0.389 e. The Morgan fingerprint density at radius 2 is 1.78 bits per heavy atom. The van der Waals surface area contributed by atoms with E-state index in [0.29, 0.717) is 13.2 Å². The van der Waals surface area contributed by atoms with E-state index in [-0.39, 0.29) is 6.10 Å². The van der Waals surface area contributed by atoms with E-state index in [2.05, 4.69) is 31.8 Å². The van der Waals surface area contributed by atoms with Crippen molar-refractivity contribution in [2.75, 3.05) is 13.4 Å². The number of aliphatic hydroxyl groups is 1. The lowest BCUT2D eigenvalue weighted by atomic mass is 10.1. The van der Waals surface area contributed by atoms with Gasteiger partial charge in [-0.05, 0) is 31.4 Å². The Kier molecular flexibility index (Phi) is 11.9. The molecule has 27 heavy (non-hydrogen) atoms. The maximum Gasteiger partial charge on any atom is 0.147 e. The first kappa shape index (κ1) is 23.6. The van der Waals surface area contributed by atoms with E-state index in [1.807, 2.05) is 61.6 Å².